The molecule has 1 atom stereocenters. The Bertz CT molecular complexity index is 105. The first-order valence-electron chi connectivity index (χ1n) is 3.29. The first-order valence-corrected chi connectivity index (χ1v) is 3.29. The number of allylic oxidation sites excluding steroid dienone is 2. The molecule has 1 heteroatoms. The molecule has 0 heterocycles. The Kier molecular flexibility index (Phi) is 1.56. The summed E-state index contributed by atoms with van der Waals surface area (Å²) in [5, 5.41) is 0. The highest BCUT2D eigenvalue weighted by Crippen LogP contribution is 2.25. The van der Waals surface area contributed by atoms with Crippen molar-refractivity contribution in [3.05, 3.63) is 11.8 Å². The van der Waals surface area contributed by atoms with Crippen LogP contribution in [0, 0.1) is 5.92 Å². The van der Waals surface area contributed by atoms with Crippen molar-refractivity contribution >= 4 is 0 Å². The molecule has 0 saturated heterocycles. The molecule has 0 fully saturated rings. The molecule has 1 aliphatic rings. The lowest BCUT2D eigenvalue weighted by atomic mass is 9.88. The van der Waals surface area contributed by atoms with Crippen LogP contribution in [0.3, 0.4) is 0 Å². The van der Waals surface area contributed by atoms with Crippen molar-refractivity contribution in [1.29, 1.82) is 0 Å². The second-order valence-electron chi connectivity index (χ2n) is 2.49. The van der Waals surface area contributed by atoms with E-state index in [1.54, 1.807) is 0 Å². The molecule has 0 radical (unpaired) electrons. The summed E-state index contributed by atoms with van der Waals surface area (Å²) in [6.07, 6.45) is 5.92. The van der Waals surface area contributed by atoms with Crippen LogP contribution in [0.1, 0.15) is 26.2 Å². The second kappa shape index (κ2) is 2.21. The minimum absolute atomic E-state index is 0.819. The fraction of sp³-hybridized carbons (Fsp3) is 0.714. The maximum absolute atomic E-state index is 5.46. The number of hydrogen-bond donors (Lipinski definition) is 1. The van der Waals surface area contributed by atoms with Crippen molar-refractivity contribution in [2.75, 3.05) is 0 Å². The predicted octanol–water partition coefficient (Wildman–Crippen LogP) is 1.65. The lowest BCUT2D eigenvalue weighted by Gasteiger charge is -2.21. The maximum atomic E-state index is 5.46. The molecule has 1 aliphatic carbocycles. The maximum Gasteiger partial charge on any atom is 0.00488 e. The van der Waals surface area contributed by atoms with Gasteiger partial charge in [-0.25, -0.2) is 0 Å². The number of hydrogen-bond acceptors (Lipinski definition) is 1. The highest BCUT2D eigenvalue weighted by atomic mass is 14.6. The SMILES string of the molecule is CCC[C@H]1C=C(N)C1. The Hall–Kier alpha value is -0.460. The van der Waals surface area contributed by atoms with Crippen molar-refractivity contribution in [2.45, 2.75) is 26.2 Å². The van der Waals surface area contributed by atoms with Crippen LogP contribution in [-0.2, 0) is 0 Å². The molecule has 0 spiro atoms. The van der Waals surface area contributed by atoms with Gasteiger partial charge in [0.1, 0.15) is 0 Å². The van der Waals surface area contributed by atoms with Crippen LogP contribution in [0.4, 0.5) is 0 Å². The molecule has 0 aromatic rings. The molecule has 1 rings (SSSR count). The summed E-state index contributed by atoms with van der Waals surface area (Å²) in [6, 6.07) is 0. The summed E-state index contributed by atoms with van der Waals surface area (Å²) in [4.78, 5) is 0. The molecule has 2 N–H and O–H groups in total. The zero-order chi connectivity index (χ0) is 5.98. The molecule has 0 amide bonds. The van der Waals surface area contributed by atoms with Gasteiger partial charge in [-0.1, -0.05) is 19.4 Å². The summed E-state index contributed by atoms with van der Waals surface area (Å²) >= 11 is 0. The zero-order valence-electron chi connectivity index (χ0n) is 5.35. The Morgan fingerprint density at radius 1 is 1.88 bits per heavy atom. The zero-order valence-corrected chi connectivity index (χ0v) is 5.35. The van der Waals surface area contributed by atoms with Gasteiger partial charge in [-0.2, -0.15) is 0 Å². The van der Waals surface area contributed by atoms with Crippen molar-refractivity contribution in [3.63, 3.8) is 0 Å². The monoisotopic (exact) mass is 111 g/mol. The normalized spacial score (nSPS) is 26.6. The Labute approximate surface area is 50.6 Å². The summed E-state index contributed by atoms with van der Waals surface area (Å²) in [5.41, 5.74) is 6.55. The van der Waals surface area contributed by atoms with Crippen LogP contribution in [0.25, 0.3) is 0 Å². The van der Waals surface area contributed by atoms with E-state index in [0.717, 1.165) is 18.0 Å². The summed E-state index contributed by atoms with van der Waals surface area (Å²) in [5.74, 6) is 0.819. The van der Waals surface area contributed by atoms with Crippen LogP contribution in [0.2, 0.25) is 0 Å². The minimum Gasteiger partial charge on any atom is -0.402 e. The van der Waals surface area contributed by atoms with E-state index in [-0.39, 0.29) is 0 Å². The molecule has 0 saturated carbocycles. The third kappa shape index (κ3) is 1.03. The average molecular weight is 111 g/mol. The van der Waals surface area contributed by atoms with Gasteiger partial charge in [0.15, 0.2) is 0 Å². The lowest BCUT2D eigenvalue weighted by Crippen LogP contribution is -2.15. The third-order valence-corrected chi connectivity index (χ3v) is 1.61. The highest BCUT2D eigenvalue weighted by molar-refractivity contribution is 5.12. The van der Waals surface area contributed by atoms with Crippen molar-refractivity contribution in [2.24, 2.45) is 11.7 Å². The number of rotatable bonds is 2. The molecule has 8 heavy (non-hydrogen) atoms. The van der Waals surface area contributed by atoms with Crippen LogP contribution in [-0.4, -0.2) is 0 Å². The Balaban J connectivity index is 2.16. The van der Waals surface area contributed by atoms with Crippen molar-refractivity contribution in [1.82, 2.24) is 0 Å². The van der Waals surface area contributed by atoms with Gasteiger partial charge in [0, 0.05) is 5.70 Å². The number of nitrogens with two attached hydrogens (primary N) is 1. The van der Waals surface area contributed by atoms with E-state index in [9.17, 15) is 0 Å². The molecule has 0 bridgehead atoms. The second-order valence-corrected chi connectivity index (χ2v) is 2.49. The smallest absolute Gasteiger partial charge is 0.00488 e. The molecular weight excluding hydrogens is 98.1 g/mol. The topological polar surface area (TPSA) is 26.0 Å². The van der Waals surface area contributed by atoms with Gasteiger partial charge in [0.2, 0.25) is 0 Å². The van der Waals surface area contributed by atoms with Crippen molar-refractivity contribution < 1.29 is 0 Å². The summed E-state index contributed by atoms with van der Waals surface area (Å²) < 4.78 is 0. The van der Waals surface area contributed by atoms with Gasteiger partial charge in [0.05, 0.1) is 0 Å². The van der Waals surface area contributed by atoms with Crippen molar-refractivity contribution in [3.8, 4) is 0 Å². The van der Waals surface area contributed by atoms with E-state index < -0.39 is 0 Å². The van der Waals surface area contributed by atoms with Gasteiger partial charge in [0.25, 0.3) is 0 Å². The predicted molar refractivity (Wildman–Crippen MR) is 35.3 cm³/mol. The molecule has 1 nitrogen and oxygen atoms in total. The van der Waals surface area contributed by atoms with Gasteiger partial charge >= 0.3 is 0 Å². The van der Waals surface area contributed by atoms with E-state index in [1.165, 1.54) is 12.8 Å². The van der Waals surface area contributed by atoms with E-state index in [1.807, 2.05) is 0 Å². The van der Waals surface area contributed by atoms with E-state index >= 15 is 0 Å². The summed E-state index contributed by atoms with van der Waals surface area (Å²) in [6.45, 7) is 2.21. The fourth-order valence-corrected chi connectivity index (χ4v) is 1.13. The molecular formula is C7H13N. The molecule has 0 aromatic carbocycles. The van der Waals surface area contributed by atoms with Crippen LogP contribution < -0.4 is 5.73 Å². The fourth-order valence-electron chi connectivity index (χ4n) is 1.13. The van der Waals surface area contributed by atoms with Gasteiger partial charge in [-0.3, -0.25) is 0 Å². The van der Waals surface area contributed by atoms with E-state index in [2.05, 4.69) is 13.0 Å². The van der Waals surface area contributed by atoms with Gasteiger partial charge in [-0.15, -0.1) is 0 Å². The highest BCUT2D eigenvalue weighted by Gasteiger charge is 2.14. The standard InChI is InChI=1S/C7H13N/c1-2-3-6-4-7(8)5-6/h4,6H,2-3,5,8H2,1H3/t6-/m0/s1. The third-order valence-electron chi connectivity index (χ3n) is 1.61. The van der Waals surface area contributed by atoms with Crippen LogP contribution in [0.15, 0.2) is 11.8 Å². The van der Waals surface area contributed by atoms with E-state index in [4.69, 9.17) is 5.73 Å². The minimum atomic E-state index is 0.819. The van der Waals surface area contributed by atoms with Gasteiger partial charge < -0.3 is 5.73 Å². The van der Waals surface area contributed by atoms with E-state index in [0.29, 0.717) is 0 Å². The first kappa shape index (κ1) is 5.67. The first-order chi connectivity index (χ1) is 3.83. The Morgan fingerprint density at radius 3 is 2.88 bits per heavy atom. The van der Waals surface area contributed by atoms with Crippen LogP contribution >= 0.6 is 0 Å². The van der Waals surface area contributed by atoms with Gasteiger partial charge in [-0.05, 0) is 18.8 Å². The quantitative estimate of drug-likeness (QED) is 0.576. The lowest BCUT2D eigenvalue weighted by molar-refractivity contribution is 0.520. The summed E-state index contributed by atoms with van der Waals surface area (Å²) in [7, 11) is 0. The molecule has 46 valence electrons. The van der Waals surface area contributed by atoms with Crippen LogP contribution in [0.5, 0.6) is 0 Å². The molecule has 0 aromatic heterocycles. The molecule has 0 unspecified atom stereocenters. The Morgan fingerprint density at radius 2 is 2.50 bits per heavy atom. The largest absolute Gasteiger partial charge is 0.402 e. The average Bonchev–Trinajstić information content (AvgIpc) is 1.64. The molecule has 0 aliphatic heterocycles.